The first kappa shape index (κ1) is 17.2. The minimum atomic E-state index is -0.0865. The van der Waals surface area contributed by atoms with E-state index < -0.39 is 0 Å². The molecular formula is C23H18N2OS. The fraction of sp³-hybridized carbons (Fsp3) is 0.0435. The Morgan fingerprint density at radius 3 is 1.96 bits per heavy atom. The van der Waals surface area contributed by atoms with E-state index in [0.29, 0.717) is 17.4 Å². The molecular weight excluding hydrogens is 352 g/mol. The van der Waals surface area contributed by atoms with Crippen molar-refractivity contribution in [1.82, 2.24) is 4.90 Å². The number of hydrogen-bond donors (Lipinski definition) is 0. The molecule has 1 heterocycles. The van der Waals surface area contributed by atoms with Gasteiger partial charge in [-0.15, -0.1) is 0 Å². The molecule has 0 aromatic heterocycles. The number of hydrogen-bond acceptors (Lipinski definition) is 2. The zero-order valence-corrected chi connectivity index (χ0v) is 15.5. The second-order valence-electron chi connectivity index (χ2n) is 6.27. The summed E-state index contributed by atoms with van der Waals surface area (Å²) >= 11 is 5.70. The van der Waals surface area contributed by atoms with Crippen molar-refractivity contribution in [2.24, 2.45) is 0 Å². The number of thiocarbonyl (C=S) groups is 1. The topological polar surface area (TPSA) is 23.6 Å². The Morgan fingerprint density at radius 2 is 1.33 bits per heavy atom. The molecule has 4 heteroatoms. The van der Waals surface area contributed by atoms with Gasteiger partial charge in [0.1, 0.15) is 5.70 Å². The highest BCUT2D eigenvalue weighted by Crippen LogP contribution is 2.31. The van der Waals surface area contributed by atoms with Crippen LogP contribution in [0.2, 0.25) is 0 Å². The number of anilines is 1. The van der Waals surface area contributed by atoms with Crippen LogP contribution in [-0.4, -0.2) is 15.9 Å². The van der Waals surface area contributed by atoms with Gasteiger partial charge in [-0.1, -0.05) is 78.9 Å². The van der Waals surface area contributed by atoms with Gasteiger partial charge in [0.25, 0.3) is 5.91 Å². The van der Waals surface area contributed by atoms with Crippen LogP contribution in [0, 0.1) is 0 Å². The Balaban J connectivity index is 1.76. The molecule has 1 fully saturated rings. The van der Waals surface area contributed by atoms with Gasteiger partial charge in [-0.05, 0) is 41.6 Å². The molecule has 0 atom stereocenters. The van der Waals surface area contributed by atoms with Crippen molar-refractivity contribution in [2.75, 3.05) is 4.90 Å². The van der Waals surface area contributed by atoms with Crippen molar-refractivity contribution in [3.05, 3.63) is 108 Å². The monoisotopic (exact) mass is 370 g/mol. The summed E-state index contributed by atoms with van der Waals surface area (Å²) in [4.78, 5) is 16.8. The van der Waals surface area contributed by atoms with E-state index in [2.05, 4.69) is 0 Å². The highest BCUT2D eigenvalue weighted by atomic mass is 32.1. The van der Waals surface area contributed by atoms with Gasteiger partial charge in [0.15, 0.2) is 5.11 Å². The van der Waals surface area contributed by atoms with Gasteiger partial charge < -0.3 is 0 Å². The van der Waals surface area contributed by atoms with Gasteiger partial charge in [-0.3, -0.25) is 14.6 Å². The van der Waals surface area contributed by atoms with Gasteiger partial charge in [0.2, 0.25) is 0 Å². The molecule has 0 N–H and O–H groups in total. The maximum absolute atomic E-state index is 13.2. The van der Waals surface area contributed by atoms with Crippen LogP contribution < -0.4 is 4.90 Å². The van der Waals surface area contributed by atoms with Crippen molar-refractivity contribution in [2.45, 2.75) is 6.54 Å². The van der Waals surface area contributed by atoms with Crippen LogP contribution in [0.25, 0.3) is 6.08 Å². The number of carbonyl (C=O) groups is 1. The molecule has 1 amide bonds. The van der Waals surface area contributed by atoms with Crippen LogP contribution in [0.15, 0.2) is 96.7 Å². The Kier molecular flexibility index (Phi) is 4.81. The van der Waals surface area contributed by atoms with Crippen LogP contribution in [-0.2, 0) is 11.3 Å². The number of carbonyl (C=O) groups excluding carboxylic acids is 1. The van der Waals surface area contributed by atoms with E-state index in [1.165, 1.54) is 0 Å². The average molecular weight is 370 g/mol. The average Bonchev–Trinajstić information content (AvgIpc) is 2.94. The first-order valence-corrected chi connectivity index (χ1v) is 9.16. The Bertz CT molecular complexity index is 985. The molecule has 3 aromatic rings. The van der Waals surface area contributed by atoms with Crippen molar-refractivity contribution in [1.29, 1.82) is 0 Å². The molecule has 1 aliphatic heterocycles. The molecule has 3 nitrogen and oxygen atoms in total. The first-order valence-electron chi connectivity index (χ1n) is 8.76. The van der Waals surface area contributed by atoms with E-state index in [9.17, 15) is 4.79 Å². The number of para-hydroxylation sites is 1. The number of rotatable bonds is 4. The molecule has 0 saturated carbocycles. The minimum absolute atomic E-state index is 0.0865. The van der Waals surface area contributed by atoms with E-state index in [1.54, 1.807) is 4.90 Å². The molecule has 0 radical (unpaired) electrons. The quantitative estimate of drug-likeness (QED) is 0.484. The normalized spacial score (nSPS) is 15.6. The van der Waals surface area contributed by atoms with E-state index in [1.807, 2.05) is 102 Å². The van der Waals surface area contributed by atoms with Crippen molar-refractivity contribution < 1.29 is 4.79 Å². The van der Waals surface area contributed by atoms with Crippen LogP contribution in [0.5, 0.6) is 0 Å². The Morgan fingerprint density at radius 1 is 0.778 bits per heavy atom. The van der Waals surface area contributed by atoms with Crippen LogP contribution in [0.3, 0.4) is 0 Å². The Labute approximate surface area is 164 Å². The summed E-state index contributed by atoms with van der Waals surface area (Å²) in [6, 6.07) is 29.5. The summed E-state index contributed by atoms with van der Waals surface area (Å²) in [6.45, 7) is 0.452. The second-order valence-corrected chi connectivity index (χ2v) is 6.64. The number of nitrogens with zero attached hydrogens (tertiary/aromatic N) is 2. The molecule has 1 aliphatic rings. The van der Waals surface area contributed by atoms with Gasteiger partial charge in [-0.25, -0.2) is 0 Å². The molecule has 0 aliphatic carbocycles. The summed E-state index contributed by atoms with van der Waals surface area (Å²) in [6.07, 6.45) is 1.90. The smallest absolute Gasteiger partial charge is 0.277 e. The zero-order valence-electron chi connectivity index (χ0n) is 14.7. The highest BCUT2D eigenvalue weighted by Gasteiger charge is 2.38. The minimum Gasteiger partial charge on any atom is -0.282 e. The molecule has 132 valence electrons. The standard InChI is InChI=1S/C23H18N2OS/c26-22-21(16-18-10-4-1-5-11-18)25(20-14-8-3-9-15-20)23(27)24(22)17-19-12-6-2-7-13-19/h1-16H,17H2/b21-16+. The summed E-state index contributed by atoms with van der Waals surface area (Å²) in [5.41, 5.74) is 3.45. The molecule has 0 spiro atoms. The third-order valence-corrected chi connectivity index (χ3v) is 4.83. The fourth-order valence-electron chi connectivity index (χ4n) is 3.11. The highest BCUT2D eigenvalue weighted by molar-refractivity contribution is 7.80. The van der Waals surface area contributed by atoms with Crippen molar-refractivity contribution >= 4 is 35.0 Å². The maximum Gasteiger partial charge on any atom is 0.277 e. The summed E-state index contributed by atoms with van der Waals surface area (Å²) in [5, 5.41) is 0.497. The summed E-state index contributed by atoms with van der Waals surface area (Å²) in [5.74, 6) is -0.0865. The first-order chi connectivity index (χ1) is 13.2. The van der Waals surface area contributed by atoms with E-state index in [-0.39, 0.29) is 5.91 Å². The fourth-order valence-corrected chi connectivity index (χ4v) is 3.46. The number of benzene rings is 3. The third kappa shape index (κ3) is 3.52. The van der Waals surface area contributed by atoms with Crippen molar-refractivity contribution in [3.63, 3.8) is 0 Å². The molecule has 4 rings (SSSR count). The SMILES string of the molecule is O=C1/C(=C\c2ccccc2)N(c2ccccc2)C(=S)N1Cc1ccccc1. The predicted octanol–water partition coefficient (Wildman–Crippen LogP) is 4.86. The number of amides is 1. The van der Waals surface area contributed by atoms with Gasteiger partial charge >= 0.3 is 0 Å². The van der Waals surface area contributed by atoms with Crippen LogP contribution in [0.1, 0.15) is 11.1 Å². The summed E-state index contributed by atoms with van der Waals surface area (Å²) in [7, 11) is 0. The van der Waals surface area contributed by atoms with E-state index in [0.717, 1.165) is 16.8 Å². The molecule has 27 heavy (non-hydrogen) atoms. The lowest BCUT2D eigenvalue weighted by Crippen LogP contribution is -2.32. The van der Waals surface area contributed by atoms with E-state index >= 15 is 0 Å². The lowest BCUT2D eigenvalue weighted by molar-refractivity contribution is -0.122. The maximum atomic E-state index is 13.2. The van der Waals surface area contributed by atoms with Gasteiger partial charge in [-0.2, -0.15) is 0 Å². The second kappa shape index (κ2) is 7.56. The van der Waals surface area contributed by atoms with Crippen LogP contribution >= 0.6 is 12.2 Å². The van der Waals surface area contributed by atoms with Gasteiger partial charge in [0, 0.05) is 5.69 Å². The summed E-state index contributed by atoms with van der Waals surface area (Å²) < 4.78 is 0. The van der Waals surface area contributed by atoms with E-state index in [4.69, 9.17) is 12.2 Å². The Hall–Kier alpha value is -3.24. The van der Waals surface area contributed by atoms with Crippen LogP contribution in [0.4, 0.5) is 5.69 Å². The molecule has 3 aromatic carbocycles. The third-order valence-electron chi connectivity index (χ3n) is 4.43. The van der Waals surface area contributed by atoms with Crippen molar-refractivity contribution in [3.8, 4) is 0 Å². The largest absolute Gasteiger partial charge is 0.282 e. The molecule has 0 unspecified atom stereocenters. The molecule has 0 bridgehead atoms. The predicted molar refractivity (Wildman–Crippen MR) is 113 cm³/mol. The lowest BCUT2D eigenvalue weighted by Gasteiger charge is -2.20. The zero-order chi connectivity index (χ0) is 18.6. The van der Waals surface area contributed by atoms with Gasteiger partial charge in [0.05, 0.1) is 6.54 Å². The lowest BCUT2D eigenvalue weighted by atomic mass is 10.1. The molecule has 1 saturated heterocycles.